The molecule has 1 fully saturated rings. The van der Waals surface area contributed by atoms with Gasteiger partial charge in [0.25, 0.3) is 0 Å². The predicted octanol–water partition coefficient (Wildman–Crippen LogP) is 1.84. The summed E-state index contributed by atoms with van der Waals surface area (Å²) in [5, 5.41) is 6.27. The SMILES string of the molecule is Cn1c2c(c3ccccc31)CCN1OCCC[C@H](NC(N)=O)[C@@H]21. The van der Waals surface area contributed by atoms with Crippen LogP contribution in [0.5, 0.6) is 0 Å². The van der Waals surface area contributed by atoms with Gasteiger partial charge in [0.1, 0.15) is 0 Å². The van der Waals surface area contributed by atoms with Gasteiger partial charge in [-0.15, -0.1) is 0 Å². The Labute approximate surface area is 135 Å². The molecule has 0 saturated carbocycles. The third-order valence-corrected chi connectivity index (χ3v) is 5.06. The molecule has 0 spiro atoms. The lowest BCUT2D eigenvalue weighted by Gasteiger charge is -2.38. The summed E-state index contributed by atoms with van der Waals surface area (Å²) in [6, 6.07) is 7.97. The van der Waals surface area contributed by atoms with E-state index in [4.69, 9.17) is 10.6 Å². The molecule has 3 heterocycles. The highest BCUT2D eigenvalue weighted by molar-refractivity contribution is 5.86. The molecule has 2 amide bonds. The first-order valence-electron chi connectivity index (χ1n) is 8.18. The average molecular weight is 314 g/mol. The van der Waals surface area contributed by atoms with Gasteiger partial charge in [0.05, 0.1) is 18.7 Å². The fourth-order valence-corrected chi connectivity index (χ4v) is 4.14. The molecule has 2 aliphatic rings. The zero-order valence-corrected chi connectivity index (χ0v) is 13.3. The third kappa shape index (κ3) is 2.29. The number of hydrogen-bond acceptors (Lipinski definition) is 3. The molecule has 0 aliphatic carbocycles. The van der Waals surface area contributed by atoms with Crippen LogP contribution in [0.2, 0.25) is 0 Å². The summed E-state index contributed by atoms with van der Waals surface area (Å²) in [4.78, 5) is 17.4. The van der Waals surface area contributed by atoms with Gasteiger partial charge in [-0.2, -0.15) is 5.06 Å². The highest BCUT2D eigenvalue weighted by Gasteiger charge is 2.39. The Morgan fingerprint density at radius 2 is 2.22 bits per heavy atom. The van der Waals surface area contributed by atoms with Gasteiger partial charge in [-0.3, -0.25) is 4.84 Å². The minimum absolute atomic E-state index is 0.00569. The van der Waals surface area contributed by atoms with Crippen LogP contribution >= 0.6 is 0 Å². The van der Waals surface area contributed by atoms with Gasteiger partial charge in [-0.1, -0.05) is 18.2 Å². The molecule has 6 heteroatoms. The predicted molar refractivity (Wildman–Crippen MR) is 87.8 cm³/mol. The lowest BCUT2D eigenvalue weighted by molar-refractivity contribution is -0.188. The lowest BCUT2D eigenvalue weighted by Crippen LogP contribution is -2.49. The second-order valence-electron chi connectivity index (χ2n) is 6.37. The van der Waals surface area contributed by atoms with Gasteiger partial charge in [0.2, 0.25) is 0 Å². The van der Waals surface area contributed by atoms with Crippen molar-refractivity contribution in [1.82, 2.24) is 14.9 Å². The Bertz CT molecular complexity index is 754. The lowest BCUT2D eigenvalue weighted by atomic mass is 9.92. The molecule has 0 radical (unpaired) electrons. The molecule has 0 bridgehead atoms. The molecule has 2 atom stereocenters. The van der Waals surface area contributed by atoms with E-state index < -0.39 is 6.03 Å². The minimum Gasteiger partial charge on any atom is -0.352 e. The number of primary amides is 1. The van der Waals surface area contributed by atoms with Crippen LogP contribution in [-0.2, 0) is 18.3 Å². The monoisotopic (exact) mass is 314 g/mol. The molecule has 2 aromatic rings. The van der Waals surface area contributed by atoms with Crippen molar-refractivity contribution in [1.29, 1.82) is 0 Å². The number of urea groups is 1. The summed E-state index contributed by atoms with van der Waals surface area (Å²) >= 11 is 0. The fourth-order valence-electron chi connectivity index (χ4n) is 4.14. The van der Waals surface area contributed by atoms with Crippen LogP contribution in [0.1, 0.15) is 30.1 Å². The minimum atomic E-state index is -0.470. The van der Waals surface area contributed by atoms with E-state index in [0.717, 1.165) is 25.8 Å². The van der Waals surface area contributed by atoms with Crippen LogP contribution in [0.3, 0.4) is 0 Å². The molecule has 0 unspecified atom stereocenters. The number of nitrogens with two attached hydrogens (primary N) is 1. The van der Waals surface area contributed by atoms with Crippen LogP contribution in [0.15, 0.2) is 24.3 Å². The molecular formula is C17H22N4O2. The number of aromatic nitrogens is 1. The standard InChI is InChI=1S/C17H22N4O2/c1-20-14-7-3-2-5-11(14)12-8-9-21-16(15(12)20)13(19-17(18)22)6-4-10-23-21/h2-3,5,7,13,16H,4,6,8-10H2,1H3,(H3,18,19,22)/t13-,16-/m0/s1. The van der Waals surface area contributed by atoms with E-state index in [1.165, 1.54) is 22.2 Å². The number of rotatable bonds is 1. The Balaban J connectivity index is 1.88. The second-order valence-corrected chi connectivity index (χ2v) is 6.37. The van der Waals surface area contributed by atoms with Gasteiger partial charge in [0.15, 0.2) is 0 Å². The smallest absolute Gasteiger partial charge is 0.312 e. The van der Waals surface area contributed by atoms with Crippen molar-refractivity contribution in [3.8, 4) is 0 Å². The van der Waals surface area contributed by atoms with Gasteiger partial charge in [0, 0.05) is 30.2 Å². The number of para-hydroxylation sites is 1. The van der Waals surface area contributed by atoms with Crippen molar-refractivity contribution in [2.24, 2.45) is 12.8 Å². The summed E-state index contributed by atoms with van der Waals surface area (Å²) in [5.41, 5.74) is 9.24. The number of nitrogens with zero attached hydrogens (tertiary/aromatic N) is 2. The first-order chi connectivity index (χ1) is 11.2. The number of hydrogen-bond donors (Lipinski definition) is 2. The summed E-state index contributed by atoms with van der Waals surface area (Å²) < 4.78 is 2.24. The molecule has 1 aromatic carbocycles. The van der Waals surface area contributed by atoms with Crippen molar-refractivity contribution in [2.45, 2.75) is 31.3 Å². The number of fused-ring (bicyclic) bond motifs is 5. The molecule has 122 valence electrons. The van der Waals surface area contributed by atoms with E-state index in [-0.39, 0.29) is 12.1 Å². The van der Waals surface area contributed by atoms with Gasteiger partial charge >= 0.3 is 6.03 Å². The highest BCUT2D eigenvalue weighted by Crippen LogP contribution is 2.40. The van der Waals surface area contributed by atoms with E-state index in [9.17, 15) is 4.79 Å². The van der Waals surface area contributed by atoms with E-state index in [2.05, 4.69) is 41.2 Å². The maximum atomic E-state index is 11.5. The van der Waals surface area contributed by atoms with Crippen LogP contribution < -0.4 is 11.1 Å². The summed E-state index contributed by atoms with van der Waals surface area (Å²) in [7, 11) is 2.09. The normalized spacial score (nSPS) is 24.7. The van der Waals surface area contributed by atoms with Gasteiger partial charge in [-0.05, 0) is 30.9 Å². The number of hydroxylamine groups is 2. The van der Waals surface area contributed by atoms with E-state index >= 15 is 0 Å². The summed E-state index contributed by atoms with van der Waals surface area (Å²) in [6.07, 6.45) is 2.73. The Morgan fingerprint density at radius 3 is 3.04 bits per heavy atom. The number of carbonyl (C=O) groups excluding carboxylic acids is 1. The summed E-state index contributed by atoms with van der Waals surface area (Å²) in [5.74, 6) is 0. The fraction of sp³-hybridized carbons (Fsp3) is 0.471. The average Bonchev–Trinajstić information content (AvgIpc) is 2.69. The Hall–Kier alpha value is -2.05. The van der Waals surface area contributed by atoms with Crippen molar-refractivity contribution in [2.75, 3.05) is 13.2 Å². The molecule has 23 heavy (non-hydrogen) atoms. The second kappa shape index (κ2) is 5.54. The summed E-state index contributed by atoms with van der Waals surface area (Å²) in [6.45, 7) is 1.52. The maximum absolute atomic E-state index is 11.5. The zero-order valence-electron chi connectivity index (χ0n) is 13.3. The highest BCUT2D eigenvalue weighted by atomic mass is 16.7. The number of carbonyl (C=O) groups is 1. The molecular weight excluding hydrogens is 292 g/mol. The van der Waals surface area contributed by atoms with Crippen molar-refractivity contribution in [3.05, 3.63) is 35.5 Å². The van der Waals surface area contributed by atoms with Gasteiger partial charge in [-0.25, -0.2) is 4.79 Å². The van der Waals surface area contributed by atoms with Crippen LogP contribution in [-0.4, -0.2) is 34.9 Å². The van der Waals surface area contributed by atoms with Crippen LogP contribution in [0.4, 0.5) is 4.79 Å². The quantitative estimate of drug-likeness (QED) is 0.843. The largest absolute Gasteiger partial charge is 0.352 e. The van der Waals surface area contributed by atoms with Crippen molar-refractivity contribution < 1.29 is 9.63 Å². The van der Waals surface area contributed by atoms with E-state index in [1.54, 1.807) is 0 Å². The molecule has 1 saturated heterocycles. The van der Waals surface area contributed by atoms with Crippen molar-refractivity contribution in [3.63, 3.8) is 0 Å². The molecule has 2 aliphatic heterocycles. The number of nitrogens with one attached hydrogen (secondary N) is 1. The molecule has 3 N–H and O–H groups in total. The van der Waals surface area contributed by atoms with E-state index in [0.29, 0.717) is 6.61 Å². The first kappa shape index (κ1) is 14.5. The molecule has 1 aromatic heterocycles. The number of benzene rings is 1. The van der Waals surface area contributed by atoms with Crippen molar-refractivity contribution >= 4 is 16.9 Å². The first-order valence-corrected chi connectivity index (χ1v) is 8.18. The molecule has 4 rings (SSSR count). The Morgan fingerprint density at radius 1 is 1.39 bits per heavy atom. The Kier molecular flexibility index (Phi) is 3.50. The van der Waals surface area contributed by atoms with E-state index in [1.807, 2.05) is 5.06 Å². The van der Waals surface area contributed by atoms with Crippen LogP contribution in [0.25, 0.3) is 10.9 Å². The number of aryl methyl sites for hydroxylation is 1. The third-order valence-electron chi connectivity index (χ3n) is 5.06. The zero-order chi connectivity index (χ0) is 16.0. The van der Waals surface area contributed by atoms with Crippen LogP contribution in [0, 0.1) is 0 Å². The number of amides is 2. The maximum Gasteiger partial charge on any atom is 0.312 e. The topological polar surface area (TPSA) is 72.5 Å². The van der Waals surface area contributed by atoms with Gasteiger partial charge < -0.3 is 15.6 Å². The molecule has 6 nitrogen and oxygen atoms in total.